The fraction of sp³-hybridized carbons (Fsp3) is 0.917. The van der Waals surface area contributed by atoms with Gasteiger partial charge in [0.1, 0.15) is 6.10 Å². The third kappa shape index (κ3) is 2.32. The van der Waals surface area contributed by atoms with Crippen molar-refractivity contribution in [2.24, 2.45) is 5.41 Å². The predicted molar refractivity (Wildman–Crippen MR) is 59.4 cm³/mol. The smallest absolute Gasteiger partial charge is 0.312 e. The zero-order valence-corrected chi connectivity index (χ0v) is 10.3. The molecule has 2 fully saturated rings. The minimum Gasteiger partial charge on any atom is -0.481 e. The highest BCUT2D eigenvalue weighted by Crippen LogP contribution is 2.44. The third-order valence-corrected chi connectivity index (χ3v) is 3.90. The average Bonchev–Trinajstić information content (AvgIpc) is 2.60. The maximum absolute atomic E-state index is 11.6. The van der Waals surface area contributed by atoms with Crippen molar-refractivity contribution in [2.75, 3.05) is 6.61 Å². The molecule has 1 aliphatic carbocycles. The zero-order valence-electron chi connectivity index (χ0n) is 10.3. The molecule has 2 N–H and O–H groups in total. The van der Waals surface area contributed by atoms with Crippen LogP contribution in [0.4, 0.5) is 0 Å². The molecule has 0 aromatic rings. The fourth-order valence-electron chi connectivity index (χ4n) is 2.75. The summed E-state index contributed by atoms with van der Waals surface area (Å²) in [5.41, 5.74) is -0.896. The molecule has 0 spiro atoms. The first-order valence-electron chi connectivity index (χ1n) is 6.09. The molecule has 1 saturated carbocycles. The molecule has 98 valence electrons. The standard InChI is InChI=1S/C12H20O5/c1-11(2)16-7-9(17-11)12(10(14)15)5-3-8(13)4-6-12/h8-9,13H,3-7H2,1-2H3,(H,14,15). The first kappa shape index (κ1) is 12.8. The van der Waals surface area contributed by atoms with Crippen LogP contribution >= 0.6 is 0 Å². The van der Waals surface area contributed by atoms with Crippen LogP contribution < -0.4 is 0 Å². The molecular formula is C12H20O5. The highest BCUT2D eigenvalue weighted by molar-refractivity contribution is 5.75. The van der Waals surface area contributed by atoms with Gasteiger partial charge in [0.2, 0.25) is 0 Å². The Hall–Kier alpha value is -0.650. The van der Waals surface area contributed by atoms with Gasteiger partial charge in [-0.05, 0) is 39.5 Å². The lowest BCUT2D eigenvalue weighted by Crippen LogP contribution is -2.47. The molecule has 1 heterocycles. The van der Waals surface area contributed by atoms with Crippen molar-refractivity contribution < 1.29 is 24.5 Å². The number of aliphatic hydroxyl groups excluding tert-OH is 1. The molecule has 0 radical (unpaired) electrons. The monoisotopic (exact) mass is 244 g/mol. The van der Waals surface area contributed by atoms with E-state index in [-0.39, 0.29) is 6.10 Å². The quantitative estimate of drug-likeness (QED) is 0.762. The Bertz CT molecular complexity index is 304. The Kier molecular flexibility index (Phi) is 3.18. The van der Waals surface area contributed by atoms with Gasteiger partial charge in [0.05, 0.1) is 18.1 Å². The van der Waals surface area contributed by atoms with Gasteiger partial charge in [0.25, 0.3) is 0 Å². The van der Waals surface area contributed by atoms with Crippen molar-refractivity contribution in [3.05, 3.63) is 0 Å². The van der Waals surface area contributed by atoms with Crippen LogP contribution in [0.15, 0.2) is 0 Å². The molecule has 5 heteroatoms. The van der Waals surface area contributed by atoms with Gasteiger partial charge in [0.15, 0.2) is 5.79 Å². The molecule has 2 rings (SSSR count). The summed E-state index contributed by atoms with van der Waals surface area (Å²) in [6.07, 6.45) is 1.15. The summed E-state index contributed by atoms with van der Waals surface area (Å²) in [6.45, 7) is 3.90. The van der Waals surface area contributed by atoms with Crippen molar-refractivity contribution in [2.45, 2.75) is 57.5 Å². The molecule has 0 aromatic carbocycles. The van der Waals surface area contributed by atoms with E-state index in [0.29, 0.717) is 32.3 Å². The largest absolute Gasteiger partial charge is 0.481 e. The normalized spacial score (nSPS) is 41.4. The molecule has 2 aliphatic rings. The van der Waals surface area contributed by atoms with Gasteiger partial charge < -0.3 is 19.7 Å². The zero-order chi connectivity index (χ0) is 12.7. The van der Waals surface area contributed by atoms with Crippen molar-refractivity contribution in [1.29, 1.82) is 0 Å². The van der Waals surface area contributed by atoms with Crippen LogP contribution in [0.3, 0.4) is 0 Å². The van der Waals surface area contributed by atoms with Crippen molar-refractivity contribution in [3.8, 4) is 0 Å². The lowest BCUT2D eigenvalue weighted by atomic mass is 9.69. The first-order valence-corrected chi connectivity index (χ1v) is 6.09. The van der Waals surface area contributed by atoms with Crippen LogP contribution in [0.2, 0.25) is 0 Å². The number of hydrogen-bond acceptors (Lipinski definition) is 4. The number of hydrogen-bond donors (Lipinski definition) is 2. The topological polar surface area (TPSA) is 76.0 Å². The van der Waals surface area contributed by atoms with Crippen molar-refractivity contribution in [1.82, 2.24) is 0 Å². The second-order valence-corrected chi connectivity index (χ2v) is 5.51. The number of carboxylic acids is 1. The summed E-state index contributed by atoms with van der Waals surface area (Å²) in [5, 5.41) is 19.0. The van der Waals surface area contributed by atoms with E-state index < -0.39 is 23.3 Å². The Labute approximate surface area is 101 Å². The predicted octanol–water partition coefficient (Wildman–Crippen LogP) is 1.14. The second kappa shape index (κ2) is 4.23. The maximum atomic E-state index is 11.6. The second-order valence-electron chi connectivity index (χ2n) is 5.51. The van der Waals surface area contributed by atoms with E-state index in [1.54, 1.807) is 13.8 Å². The van der Waals surface area contributed by atoms with Crippen molar-refractivity contribution >= 4 is 5.97 Å². The summed E-state index contributed by atoms with van der Waals surface area (Å²) in [4.78, 5) is 11.6. The van der Waals surface area contributed by atoms with Crippen LogP contribution in [-0.4, -0.2) is 40.8 Å². The summed E-state index contributed by atoms with van der Waals surface area (Å²) in [6, 6.07) is 0. The lowest BCUT2D eigenvalue weighted by Gasteiger charge is -2.38. The van der Waals surface area contributed by atoms with E-state index in [4.69, 9.17) is 9.47 Å². The number of carboxylic acid groups (broad SMARTS) is 1. The molecule has 0 bridgehead atoms. The molecule has 17 heavy (non-hydrogen) atoms. The van der Waals surface area contributed by atoms with Gasteiger partial charge >= 0.3 is 5.97 Å². The van der Waals surface area contributed by atoms with E-state index in [9.17, 15) is 15.0 Å². The number of rotatable bonds is 2. The van der Waals surface area contributed by atoms with Crippen LogP contribution in [0.25, 0.3) is 0 Å². The first-order chi connectivity index (χ1) is 7.86. The Morgan fingerprint density at radius 1 is 1.29 bits per heavy atom. The molecule has 5 nitrogen and oxygen atoms in total. The third-order valence-electron chi connectivity index (χ3n) is 3.90. The van der Waals surface area contributed by atoms with Gasteiger partial charge in [-0.2, -0.15) is 0 Å². The van der Waals surface area contributed by atoms with E-state index in [1.165, 1.54) is 0 Å². The average molecular weight is 244 g/mol. The van der Waals surface area contributed by atoms with E-state index in [2.05, 4.69) is 0 Å². The van der Waals surface area contributed by atoms with Crippen LogP contribution in [0, 0.1) is 5.41 Å². The minimum atomic E-state index is -0.896. The summed E-state index contributed by atoms with van der Waals surface area (Å²) in [7, 11) is 0. The number of ether oxygens (including phenoxy) is 2. The Balaban J connectivity index is 2.16. The Morgan fingerprint density at radius 2 is 1.88 bits per heavy atom. The number of carbonyl (C=O) groups is 1. The fourth-order valence-corrected chi connectivity index (χ4v) is 2.75. The van der Waals surface area contributed by atoms with E-state index in [0.717, 1.165) is 0 Å². The van der Waals surface area contributed by atoms with Gasteiger partial charge in [-0.25, -0.2) is 0 Å². The molecule has 0 aromatic heterocycles. The van der Waals surface area contributed by atoms with Gasteiger partial charge in [-0.15, -0.1) is 0 Å². The SMILES string of the molecule is CC1(C)OCC(C2(C(=O)O)CCC(O)CC2)O1. The molecule has 0 amide bonds. The molecule has 1 unspecified atom stereocenters. The summed E-state index contributed by atoms with van der Waals surface area (Å²) in [5.74, 6) is -1.54. The highest BCUT2D eigenvalue weighted by atomic mass is 16.7. The summed E-state index contributed by atoms with van der Waals surface area (Å²) < 4.78 is 11.2. The Morgan fingerprint density at radius 3 is 2.29 bits per heavy atom. The molecular weight excluding hydrogens is 224 g/mol. The molecule has 1 saturated heterocycles. The van der Waals surface area contributed by atoms with E-state index in [1.807, 2.05) is 0 Å². The van der Waals surface area contributed by atoms with Gasteiger partial charge in [0, 0.05) is 0 Å². The summed E-state index contributed by atoms with van der Waals surface area (Å²) >= 11 is 0. The number of aliphatic hydroxyl groups is 1. The van der Waals surface area contributed by atoms with Crippen molar-refractivity contribution in [3.63, 3.8) is 0 Å². The van der Waals surface area contributed by atoms with Gasteiger partial charge in [-0.1, -0.05) is 0 Å². The highest BCUT2D eigenvalue weighted by Gasteiger charge is 2.53. The molecule has 1 aliphatic heterocycles. The van der Waals surface area contributed by atoms with E-state index >= 15 is 0 Å². The molecule has 1 atom stereocenters. The van der Waals surface area contributed by atoms with Crippen LogP contribution in [0.1, 0.15) is 39.5 Å². The van der Waals surface area contributed by atoms with Crippen LogP contribution in [-0.2, 0) is 14.3 Å². The lowest BCUT2D eigenvalue weighted by molar-refractivity contribution is -0.179. The van der Waals surface area contributed by atoms with Gasteiger partial charge in [-0.3, -0.25) is 4.79 Å². The minimum absolute atomic E-state index is 0.315. The van der Waals surface area contributed by atoms with Crippen LogP contribution in [0.5, 0.6) is 0 Å². The maximum Gasteiger partial charge on any atom is 0.312 e. The number of aliphatic carboxylic acids is 1.